The van der Waals surface area contributed by atoms with Crippen molar-refractivity contribution in [2.24, 2.45) is 0 Å². The third-order valence-electron chi connectivity index (χ3n) is 3.89. The van der Waals surface area contributed by atoms with Crippen molar-refractivity contribution in [3.05, 3.63) is 35.4 Å². The number of hydrogen-bond acceptors (Lipinski definition) is 3. The largest absolute Gasteiger partial charge is 0.478 e. The minimum Gasteiger partial charge on any atom is -0.478 e. The van der Waals surface area contributed by atoms with Crippen LogP contribution in [0.5, 0.6) is 0 Å². The average molecular weight is 276 g/mol. The molecule has 0 spiro atoms. The van der Waals surface area contributed by atoms with E-state index in [4.69, 9.17) is 0 Å². The van der Waals surface area contributed by atoms with Gasteiger partial charge < -0.3 is 10.4 Å². The van der Waals surface area contributed by atoms with Crippen molar-refractivity contribution in [3.8, 4) is 0 Å². The number of hydrogen-bond donors (Lipinski definition) is 2. The van der Waals surface area contributed by atoms with Gasteiger partial charge in [-0.3, -0.25) is 4.90 Å². The SMILES string of the molecule is CCCC[C@@H]1CN(Cc2ccccc2C(=O)O)CCN1. The lowest BCUT2D eigenvalue weighted by atomic mass is 10.0. The fourth-order valence-electron chi connectivity index (χ4n) is 2.79. The standard InChI is InChI=1S/C16H24N2O2/c1-2-3-7-14-12-18(10-9-17-14)11-13-6-4-5-8-15(13)16(19)20/h4-6,8,14,17H,2-3,7,9-12H2,1H3,(H,19,20)/t14-/m1/s1. The number of unbranched alkanes of at least 4 members (excludes halogenated alkanes) is 1. The Morgan fingerprint density at radius 1 is 1.45 bits per heavy atom. The van der Waals surface area contributed by atoms with Gasteiger partial charge in [0.1, 0.15) is 0 Å². The van der Waals surface area contributed by atoms with Crippen molar-refractivity contribution in [3.63, 3.8) is 0 Å². The van der Waals surface area contributed by atoms with Gasteiger partial charge in [-0.25, -0.2) is 4.79 Å². The topological polar surface area (TPSA) is 52.6 Å². The smallest absolute Gasteiger partial charge is 0.336 e. The van der Waals surface area contributed by atoms with Crippen molar-refractivity contribution in [1.82, 2.24) is 10.2 Å². The zero-order chi connectivity index (χ0) is 14.4. The Hall–Kier alpha value is -1.39. The van der Waals surface area contributed by atoms with E-state index in [-0.39, 0.29) is 0 Å². The van der Waals surface area contributed by atoms with Gasteiger partial charge in [-0.1, -0.05) is 38.0 Å². The molecule has 1 aliphatic rings. The molecule has 2 rings (SSSR count). The molecule has 1 heterocycles. The molecule has 0 saturated carbocycles. The van der Waals surface area contributed by atoms with Crippen LogP contribution in [-0.2, 0) is 6.54 Å². The molecule has 0 bridgehead atoms. The summed E-state index contributed by atoms with van der Waals surface area (Å²) >= 11 is 0. The Bertz CT molecular complexity index is 448. The Balaban J connectivity index is 1.97. The quantitative estimate of drug-likeness (QED) is 0.837. The van der Waals surface area contributed by atoms with Crippen molar-refractivity contribution in [2.75, 3.05) is 19.6 Å². The summed E-state index contributed by atoms with van der Waals surface area (Å²) < 4.78 is 0. The number of benzene rings is 1. The minimum atomic E-state index is -0.835. The molecule has 0 unspecified atom stereocenters. The lowest BCUT2D eigenvalue weighted by Gasteiger charge is -2.34. The summed E-state index contributed by atoms with van der Waals surface area (Å²) in [6.45, 7) is 5.92. The van der Waals surface area contributed by atoms with Crippen LogP contribution in [0.3, 0.4) is 0 Å². The van der Waals surface area contributed by atoms with Gasteiger partial charge in [0.25, 0.3) is 0 Å². The molecule has 2 N–H and O–H groups in total. The van der Waals surface area contributed by atoms with Gasteiger partial charge in [0.15, 0.2) is 0 Å². The first-order chi connectivity index (χ1) is 9.70. The first-order valence-electron chi connectivity index (χ1n) is 7.47. The minimum absolute atomic E-state index is 0.427. The van der Waals surface area contributed by atoms with Crippen LogP contribution in [0, 0.1) is 0 Å². The molecule has 1 fully saturated rings. The molecule has 0 radical (unpaired) electrons. The van der Waals surface area contributed by atoms with E-state index in [0.29, 0.717) is 11.6 Å². The molecular formula is C16H24N2O2. The molecule has 0 aliphatic carbocycles. The first kappa shape index (κ1) is 15.0. The maximum atomic E-state index is 11.2. The summed E-state index contributed by atoms with van der Waals surface area (Å²) in [5.74, 6) is -0.835. The maximum Gasteiger partial charge on any atom is 0.336 e. The van der Waals surface area contributed by atoms with Gasteiger partial charge in [-0.2, -0.15) is 0 Å². The summed E-state index contributed by atoms with van der Waals surface area (Å²) in [5, 5.41) is 12.8. The second-order valence-electron chi connectivity index (χ2n) is 5.49. The van der Waals surface area contributed by atoms with Gasteiger partial charge >= 0.3 is 5.97 Å². The summed E-state index contributed by atoms with van der Waals surface area (Å²) in [5.41, 5.74) is 1.34. The Morgan fingerprint density at radius 3 is 3.00 bits per heavy atom. The molecular weight excluding hydrogens is 252 g/mol. The van der Waals surface area contributed by atoms with E-state index in [0.717, 1.165) is 31.7 Å². The predicted octanol–water partition coefficient (Wildman–Crippen LogP) is 2.35. The molecule has 0 amide bonds. The normalized spacial score (nSPS) is 19.9. The van der Waals surface area contributed by atoms with Crippen molar-refractivity contribution < 1.29 is 9.90 Å². The van der Waals surface area contributed by atoms with Gasteiger partial charge in [-0.05, 0) is 18.1 Å². The van der Waals surface area contributed by atoms with Crippen LogP contribution in [0.2, 0.25) is 0 Å². The first-order valence-corrected chi connectivity index (χ1v) is 7.47. The third-order valence-corrected chi connectivity index (χ3v) is 3.89. The van der Waals surface area contributed by atoms with E-state index < -0.39 is 5.97 Å². The van der Waals surface area contributed by atoms with Crippen molar-refractivity contribution in [1.29, 1.82) is 0 Å². The molecule has 1 aliphatic heterocycles. The molecule has 1 atom stereocenters. The Labute approximate surface area is 120 Å². The van der Waals surface area contributed by atoms with Crippen molar-refractivity contribution in [2.45, 2.75) is 38.8 Å². The van der Waals surface area contributed by atoms with E-state index >= 15 is 0 Å². The van der Waals surface area contributed by atoms with E-state index in [1.807, 2.05) is 12.1 Å². The zero-order valence-electron chi connectivity index (χ0n) is 12.1. The molecule has 1 saturated heterocycles. The monoisotopic (exact) mass is 276 g/mol. The lowest BCUT2D eigenvalue weighted by molar-refractivity contribution is 0.0694. The van der Waals surface area contributed by atoms with E-state index in [1.165, 1.54) is 19.3 Å². The number of piperazine rings is 1. The average Bonchev–Trinajstić information content (AvgIpc) is 2.46. The van der Waals surface area contributed by atoms with Gasteiger partial charge in [-0.15, -0.1) is 0 Å². The maximum absolute atomic E-state index is 11.2. The van der Waals surface area contributed by atoms with Crippen LogP contribution in [0.4, 0.5) is 0 Å². The van der Waals surface area contributed by atoms with E-state index in [2.05, 4.69) is 17.1 Å². The van der Waals surface area contributed by atoms with Crippen LogP contribution < -0.4 is 5.32 Å². The fraction of sp³-hybridized carbons (Fsp3) is 0.562. The van der Waals surface area contributed by atoms with Crippen LogP contribution in [0.25, 0.3) is 0 Å². The fourth-order valence-corrected chi connectivity index (χ4v) is 2.79. The van der Waals surface area contributed by atoms with Crippen LogP contribution in [0.15, 0.2) is 24.3 Å². The summed E-state index contributed by atoms with van der Waals surface area (Å²) in [6.07, 6.45) is 3.67. The number of carboxylic acid groups (broad SMARTS) is 1. The molecule has 0 aromatic heterocycles. The molecule has 1 aromatic rings. The zero-order valence-corrected chi connectivity index (χ0v) is 12.1. The van der Waals surface area contributed by atoms with Crippen LogP contribution >= 0.6 is 0 Å². The highest BCUT2D eigenvalue weighted by molar-refractivity contribution is 5.89. The number of carboxylic acids is 1. The molecule has 4 heteroatoms. The second-order valence-corrected chi connectivity index (χ2v) is 5.49. The van der Waals surface area contributed by atoms with Crippen molar-refractivity contribution >= 4 is 5.97 Å². The van der Waals surface area contributed by atoms with Crippen LogP contribution in [-0.4, -0.2) is 41.7 Å². The van der Waals surface area contributed by atoms with E-state index in [9.17, 15) is 9.90 Å². The molecule has 1 aromatic carbocycles. The summed E-state index contributed by atoms with van der Waals surface area (Å²) in [6, 6.07) is 7.86. The molecule has 20 heavy (non-hydrogen) atoms. The van der Waals surface area contributed by atoms with Gasteiger partial charge in [0.2, 0.25) is 0 Å². The number of nitrogens with one attached hydrogen (secondary N) is 1. The highest BCUT2D eigenvalue weighted by Gasteiger charge is 2.20. The van der Waals surface area contributed by atoms with E-state index in [1.54, 1.807) is 12.1 Å². The Morgan fingerprint density at radius 2 is 2.25 bits per heavy atom. The Kier molecular flexibility index (Phi) is 5.56. The van der Waals surface area contributed by atoms with Gasteiger partial charge in [0.05, 0.1) is 5.56 Å². The highest BCUT2D eigenvalue weighted by Crippen LogP contribution is 2.14. The molecule has 110 valence electrons. The van der Waals surface area contributed by atoms with Gasteiger partial charge in [0, 0.05) is 32.2 Å². The predicted molar refractivity (Wildman–Crippen MR) is 80.0 cm³/mol. The lowest BCUT2D eigenvalue weighted by Crippen LogP contribution is -2.50. The van der Waals surface area contributed by atoms with Crippen LogP contribution in [0.1, 0.15) is 42.1 Å². The number of rotatable bonds is 6. The summed E-state index contributed by atoms with van der Waals surface area (Å²) in [7, 11) is 0. The second kappa shape index (κ2) is 7.41. The molecule has 4 nitrogen and oxygen atoms in total. The number of aromatic carboxylic acids is 1. The third kappa shape index (κ3) is 4.05. The number of nitrogens with zero attached hydrogens (tertiary/aromatic N) is 1. The number of carbonyl (C=O) groups is 1. The summed E-state index contributed by atoms with van der Waals surface area (Å²) in [4.78, 5) is 13.6. The highest BCUT2D eigenvalue weighted by atomic mass is 16.4.